The van der Waals surface area contributed by atoms with Crippen molar-refractivity contribution in [2.75, 3.05) is 19.8 Å². The summed E-state index contributed by atoms with van der Waals surface area (Å²) in [6.07, 6.45) is 3.44. The lowest BCUT2D eigenvalue weighted by atomic mass is 10.1. The third-order valence-electron chi connectivity index (χ3n) is 2.61. The predicted molar refractivity (Wildman–Crippen MR) is 78.9 cm³/mol. The normalized spacial score (nSPS) is 12.9. The summed E-state index contributed by atoms with van der Waals surface area (Å²) < 4.78 is 6.58. The van der Waals surface area contributed by atoms with E-state index in [-0.39, 0.29) is 0 Å². The van der Waals surface area contributed by atoms with Crippen molar-refractivity contribution >= 4 is 27.3 Å². The molecule has 0 aliphatic rings. The van der Waals surface area contributed by atoms with Crippen LogP contribution >= 0.6 is 27.3 Å². The summed E-state index contributed by atoms with van der Waals surface area (Å²) >= 11 is 5.33. The fourth-order valence-corrected chi connectivity index (χ4v) is 3.38. The van der Waals surface area contributed by atoms with E-state index < -0.39 is 0 Å². The number of thiophene rings is 1. The SMILES string of the molecule is CCNC(CCCOCC)Cc1cc(Br)cs1. The van der Waals surface area contributed by atoms with E-state index in [9.17, 15) is 0 Å². The van der Waals surface area contributed by atoms with Crippen molar-refractivity contribution in [1.82, 2.24) is 5.32 Å². The Balaban J connectivity index is 2.32. The van der Waals surface area contributed by atoms with Crippen LogP contribution in [0.25, 0.3) is 0 Å². The van der Waals surface area contributed by atoms with Crippen LogP contribution in [-0.4, -0.2) is 25.8 Å². The van der Waals surface area contributed by atoms with Gasteiger partial charge in [-0.1, -0.05) is 6.92 Å². The molecule has 0 radical (unpaired) electrons. The van der Waals surface area contributed by atoms with Crippen molar-refractivity contribution in [3.05, 3.63) is 20.8 Å². The predicted octanol–water partition coefficient (Wildman–Crippen LogP) is 3.85. The standard InChI is InChI=1S/C13H22BrNOS/c1-3-15-12(6-5-7-16-4-2)9-13-8-11(14)10-17-13/h8,10,12,15H,3-7,9H2,1-2H3. The second-order valence-corrected chi connectivity index (χ2v) is 5.94. The number of nitrogens with one attached hydrogen (secondary N) is 1. The molecule has 98 valence electrons. The molecule has 0 fully saturated rings. The molecule has 0 saturated heterocycles. The van der Waals surface area contributed by atoms with Gasteiger partial charge in [-0.25, -0.2) is 0 Å². The molecular weight excluding hydrogens is 298 g/mol. The van der Waals surface area contributed by atoms with Gasteiger partial charge in [0.1, 0.15) is 0 Å². The molecular formula is C13H22BrNOS. The first-order chi connectivity index (χ1) is 8.26. The topological polar surface area (TPSA) is 21.3 Å². The Labute approximate surface area is 117 Å². The average molecular weight is 320 g/mol. The lowest BCUT2D eigenvalue weighted by Crippen LogP contribution is -2.31. The molecule has 1 aromatic heterocycles. The molecule has 1 N–H and O–H groups in total. The third kappa shape index (κ3) is 6.55. The van der Waals surface area contributed by atoms with Crippen LogP contribution in [0.15, 0.2) is 15.9 Å². The zero-order valence-corrected chi connectivity index (χ0v) is 13.1. The van der Waals surface area contributed by atoms with Crippen LogP contribution in [0.4, 0.5) is 0 Å². The molecule has 0 bridgehead atoms. The molecule has 4 heteroatoms. The first-order valence-corrected chi connectivity index (χ1v) is 7.97. The Hall–Kier alpha value is 0.1000. The average Bonchev–Trinajstić information content (AvgIpc) is 2.70. The van der Waals surface area contributed by atoms with E-state index in [2.05, 4.69) is 39.6 Å². The summed E-state index contributed by atoms with van der Waals surface area (Å²) in [5, 5.41) is 5.70. The highest BCUT2D eigenvalue weighted by Crippen LogP contribution is 2.21. The molecule has 0 spiro atoms. The quantitative estimate of drug-likeness (QED) is 0.698. The van der Waals surface area contributed by atoms with Crippen molar-refractivity contribution in [2.24, 2.45) is 0 Å². The molecule has 1 aromatic rings. The molecule has 0 amide bonds. The van der Waals surface area contributed by atoms with Gasteiger partial charge in [0.2, 0.25) is 0 Å². The lowest BCUT2D eigenvalue weighted by molar-refractivity contribution is 0.141. The van der Waals surface area contributed by atoms with Crippen LogP contribution in [0.5, 0.6) is 0 Å². The summed E-state index contributed by atoms with van der Waals surface area (Å²) in [4.78, 5) is 1.44. The number of ether oxygens (including phenoxy) is 1. The largest absolute Gasteiger partial charge is 0.382 e. The highest BCUT2D eigenvalue weighted by molar-refractivity contribution is 9.10. The van der Waals surface area contributed by atoms with Gasteiger partial charge >= 0.3 is 0 Å². The Bertz CT molecular complexity index is 303. The Kier molecular flexibility index (Phi) is 8.10. The Morgan fingerprint density at radius 3 is 2.88 bits per heavy atom. The minimum atomic E-state index is 0.575. The van der Waals surface area contributed by atoms with Crippen LogP contribution in [-0.2, 0) is 11.2 Å². The zero-order chi connectivity index (χ0) is 12.5. The van der Waals surface area contributed by atoms with Crippen LogP contribution in [0.3, 0.4) is 0 Å². The summed E-state index contributed by atoms with van der Waals surface area (Å²) in [5.41, 5.74) is 0. The number of halogens is 1. The molecule has 0 aliphatic heterocycles. The number of likely N-dealkylation sites (N-methyl/N-ethyl adjacent to an activating group) is 1. The van der Waals surface area contributed by atoms with Crippen LogP contribution in [0.2, 0.25) is 0 Å². The zero-order valence-electron chi connectivity index (χ0n) is 10.7. The van der Waals surface area contributed by atoms with E-state index in [0.717, 1.165) is 32.6 Å². The maximum absolute atomic E-state index is 5.38. The van der Waals surface area contributed by atoms with E-state index in [1.807, 2.05) is 18.3 Å². The van der Waals surface area contributed by atoms with Gasteiger partial charge in [-0.3, -0.25) is 0 Å². The van der Waals surface area contributed by atoms with Gasteiger partial charge in [-0.2, -0.15) is 0 Å². The third-order valence-corrected chi connectivity index (χ3v) is 4.33. The molecule has 1 atom stereocenters. The Morgan fingerprint density at radius 1 is 1.47 bits per heavy atom. The van der Waals surface area contributed by atoms with E-state index in [4.69, 9.17) is 4.74 Å². The highest BCUT2D eigenvalue weighted by Gasteiger charge is 2.09. The number of rotatable bonds is 9. The van der Waals surface area contributed by atoms with Crippen molar-refractivity contribution in [1.29, 1.82) is 0 Å². The molecule has 1 unspecified atom stereocenters. The van der Waals surface area contributed by atoms with E-state index in [0.29, 0.717) is 6.04 Å². The first-order valence-electron chi connectivity index (χ1n) is 6.30. The van der Waals surface area contributed by atoms with Gasteiger partial charge in [-0.05, 0) is 54.7 Å². The maximum atomic E-state index is 5.38. The molecule has 0 aliphatic carbocycles. The van der Waals surface area contributed by atoms with Crippen LogP contribution < -0.4 is 5.32 Å². The fourth-order valence-electron chi connectivity index (χ4n) is 1.84. The van der Waals surface area contributed by atoms with Gasteiger partial charge in [0.25, 0.3) is 0 Å². The van der Waals surface area contributed by atoms with Gasteiger partial charge in [0, 0.05) is 34.0 Å². The monoisotopic (exact) mass is 319 g/mol. The minimum absolute atomic E-state index is 0.575. The highest BCUT2D eigenvalue weighted by atomic mass is 79.9. The molecule has 17 heavy (non-hydrogen) atoms. The summed E-state index contributed by atoms with van der Waals surface area (Å²) in [7, 11) is 0. The number of hydrogen-bond acceptors (Lipinski definition) is 3. The van der Waals surface area contributed by atoms with Gasteiger partial charge < -0.3 is 10.1 Å². The van der Waals surface area contributed by atoms with Crippen LogP contribution in [0.1, 0.15) is 31.6 Å². The molecule has 1 rings (SSSR count). The van der Waals surface area contributed by atoms with E-state index in [1.54, 1.807) is 0 Å². The molecule has 0 aromatic carbocycles. The summed E-state index contributed by atoms with van der Waals surface area (Å²) in [6, 6.07) is 2.79. The second-order valence-electron chi connectivity index (χ2n) is 4.03. The van der Waals surface area contributed by atoms with E-state index >= 15 is 0 Å². The summed E-state index contributed by atoms with van der Waals surface area (Å²) in [5.74, 6) is 0. The van der Waals surface area contributed by atoms with Crippen LogP contribution in [0, 0.1) is 0 Å². The maximum Gasteiger partial charge on any atom is 0.0466 e. The van der Waals surface area contributed by atoms with Crippen molar-refractivity contribution in [3.8, 4) is 0 Å². The first kappa shape index (κ1) is 15.2. The van der Waals surface area contributed by atoms with Crippen molar-refractivity contribution in [2.45, 2.75) is 39.2 Å². The van der Waals surface area contributed by atoms with Gasteiger partial charge in [0.05, 0.1) is 0 Å². The Morgan fingerprint density at radius 2 is 2.29 bits per heavy atom. The van der Waals surface area contributed by atoms with Gasteiger partial charge in [0.15, 0.2) is 0 Å². The number of hydrogen-bond donors (Lipinski definition) is 1. The van der Waals surface area contributed by atoms with Gasteiger partial charge in [-0.15, -0.1) is 11.3 Å². The van der Waals surface area contributed by atoms with Crippen molar-refractivity contribution < 1.29 is 4.74 Å². The fraction of sp³-hybridized carbons (Fsp3) is 0.692. The molecule has 0 saturated carbocycles. The molecule has 1 heterocycles. The minimum Gasteiger partial charge on any atom is -0.382 e. The lowest BCUT2D eigenvalue weighted by Gasteiger charge is -2.16. The molecule has 2 nitrogen and oxygen atoms in total. The summed E-state index contributed by atoms with van der Waals surface area (Å²) in [6.45, 7) is 6.95. The smallest absolute Gasteiger partial charge is 0.0466 e. The van der Waals surface area contributed by atoms with Crippen molar-refractivity contribution in [3.63, 3.8) is 0 Å². The van der Waals surface area contributed by atoms with E-state index in [1.165, 1.54) is 15.8 Å². The second kappa shape index (κ2) is 9.09.